The van der Waals surface area contributed by atoms with E-state index in [9.17, 15) is 4.79 Å². The smallest absolute Gasteiger partial charge is 0.289 e. The Morgan fingerprint density at radius 3 is 2.76 bits per heavy atom. The third-order valence-electron chi connectivity index (χ3n) is 4.60. The number of methoxy groups -OCH3 is 1. The molecule has 5 heteroatoms. The maximum Gasteiger partial charge on any atom is 0.289 e. The fraction of sp³-hybridized carbons (Fsp3) is 0.450. The molecule has 1 aromatic carbocycles. The number of benzene rings is 1. The molecule has 0 spiro atoms. The normalized spacial score (nSPS) is 19.0. The molecule has 25 heavy (non-hydrogen) atoms. The predicted octanol–water partition coefficient (Wildman–Crippen LogP) is 3.16. The molecule has 1 aliphatic heterocycles. The average Bonchev–Trinajstić information content (AvgIpc) is 3.00. The van der Waals surface area contributed by atoms with E-state index in [1.165, 1.54) is 5.56 Å². The topological polar surface area (TPSA) is 45.9 Å². The van der Waals surface area contributed by atoms with Crippen molar-refractivity contribution in [3.63, 3.8) is 0 Å². The second-order valence-corrected chi connectivity index (χ2v) is 6.62. The number of amides is 1. The van der Waals surface area contributed by atoms with E-state index >= 15 is 0 Å². The first-order chi connectivity index (χ1) is 12.2. The van der Waals surface area contributed by atoms with Crippen molar-refractivity contribution in [2.45, 2.75) is 32.5 Å². The third-order valence-corrected chi connectivity index (χ3v) is 4.60. The zero-order valence-corrected chi connectivity index (χ0v) is 15.0. The molecular formula is C20H26N2O3. The summed E-state index contributed by atoms with van der Waals surface area (Å²) in [7, 11) is 1.61. The third kappa shape index (κ3) is 4.50. The van der Waals surface area contributed by atoms with Gasteiger partial charge in [-0.05, 0) is 31.0 Å². The fourth-order valence-electron chi connectivity index (χ4n) is 3.39. The lowest BCUT2D eigenvalue weighted by molar-refractivity contribution is 0.0652. The summed E-state index contributed by atoms with van der Waals surface area (Å²) in [5.41, 5.74) is 1.31. The summed E-state index contributed by atoms with van der Waals surface area (Å²) in [5.74, 6) is 1.05. The maximum absolute atomic E-state index is 12.8. The summed E-state index contributed by atoms with van der Waals surface area (Å²) in [6.07, 6.45) is 0.967. The highest BCUT2D eigenvalue weighted by atomic mass is 16.5. The van der Waals surface area contributed by atoms with Crippen molar-refractivity contribution in [3.8, 4) is 0 Å². The van der Waals surface area contributed by atoms with E-state index in [0.29, 0.717) is 18.1 Å². The van der Waals surface area contributed by atoms with Crippen LogP contribution in [0.25, 0.3) is 0 Å². The van der Waals surface area contributed by atoms with Gasteiger partial charge in [-0.3, -0.25) is 9.69 Å². The Morgan fingerprint density at radius 1 is 1.20 bits per heavy atom. The van der Waals surface area contributed by atoms with Crippen molar-refractivity contribution < 1.29 is 13.9 Å². The highest BCUT2D eigenvalue weighted by Gasteiger charge is 2.27. The minimum atomic E-state index is -0.0311. The van der Waals surface area contributed by atoms with Gasteiger partial charge in [0.05, 0.1) is 0 Å². The van der Waals surface area contributed by atoms with E-state index in [-0.39, 0.29) is 11.9 Å². The van der Waals surface area contributed by atoms with Gasteiger partial charge in [0.2, 0.25) is 0 Å². The molecule has 1 aromatic heterocycles. The average molecular weight is 342 g/mol. The Bertz CT molecular complexity index is 683. The molecule has 0 aliphatic carbocycles. The van der Waals surface area contributed by atoms with Crippen LogP contribution in [-0.2, 0) is 17.9 Å². The van der Waals surface area contributed by atoms with Crippen LogP contribution in [0.4, 0.5) is 0 Å². The molecule has 134 valence electrons. The summed E-state index contributed by atoms with van der Waals surface area (Å²) in [6, 6.07) is 14.2. The van der Waals surface area contributed by atoms with Crippen LogP contribution < -0.4 is 0 Å². The van der Waals surface area contributed by atoms with Crippen LogP contribution in [0.15, 0.2) is 46.9 Å². The molecule has 2 aromatic rings. The number of carbonyl (C=O) groups excluding carboxylic acids is 1. The zero-order valence-electron chi connectivity index (χ0n) is 15.0. The van der Waals surface area contributed by atoms with Crippen LogP contribution in [-0.4, -0.2) is 48.5 Å². The first-order valence-corrected chi connectivity index (χ1v) is 8.82. The van der Waals surface area contributed by atoms with Crippen LogP contribution in [0.5, 0.6) is 0 Å². The van der Waals surface area contributed by atoms with Crippen molar-refractivity contribution >= 4 is 5.91 Å². The maximum atomic E-state index is 12.8. The van der Waals surface area contributed by atoms with Crippen LogP contribution in [0.3, 0.4) is 0 Å². The Hall–Kier alpha value is -2.11. The summed E-state index contributed by atoms with van der Waals surface area (Å²) in [6.45, 7) is 6.04. The van der Waals surface area contributed by atoms with E-state index in [2.05, 4.69) is 36.1 Å². The van der Waals surface area contributed by atoms with Crippen molar-refractivity contribution in [2.75, 3.05) is 26.7 Å². The van der Waals surface area contributed by atoms with E-state index in [1.807, 2.05) is 11.0 Å². The van der Waals surface area contributed by atoms with E-state index in [1.54, 1.807) is 19.2 Å². The lowest BCUT2D eigenvalue weighted by Crippen LogP contribution is -2.42. The molecule has 5 nitrogen and oxygen atoms in total. The van der Waals surface area contributed by atoms with Gasteiger partial charge in [0.1, 0.15) is 12.4 Å². The minimum Gasteiger partial charge on any atom is -0.453 e. The monoisotopic (exact) mass is 342 g/mol. The van der Waals surface area contributed by atoms with E-state index in [4.69, 9.17) is 9.15 Å². The Balaban J connectivity index is 1.64. The number of carbonyl (C=O) groups is 1. The van der Waals surface area contributed by atoms with Gasteiger partial charge in [0, 0.05) is 39.3 Å². The van der Waals surface area contributed by atoms with Crippen molar-refractivity contribution in [1.82, 2.24) is 9.80 Å². The molecule has 0 unspecified atom stereocenters. The first kappa shape index (κ1) is 17.7. The Kier molecular flexibility index (Phi) is 5.89. The molecule has 0 saturated carbocycles. The molecule has 0 radical (unpaired) electrons. The van der Waals surface area contributed by atoms with Gasteiger partial charge < -0.3 is 14.1 Å². The SMILES string of the molecule is COCc1ccc(C(=O)N2CCCN(Cc3ccccc3)C[C@@H]2C)o1. The van der Waals surface area contributed by atoms with E-state index in [0.717, 1.165) is 32.6 Å². The standard InChI is InChI=1S/C20H26N2O3/c1-16-13-21(14-17-7-4-3-5-8-17)11-6-12-22(16)20(23)19-10-9-18(25-19)15-24-2/h3-5,7-10,16H,6,11-15H2,1-2H3/t16-/m0/s1. The quantitative estimate of drug-likeness (QED) is 0.837. The summed E-state index contributed by atoms with van der Waals surface area (Å²) in [4.78, 5) is 17.2. The molecule has 1 fully saturated rings. The number of hydrogen-bond acceptors (Lipinski definition) is 4. The largest absolute Gasteiger partial charge is 0.453 e. The summed E-state index contributed by atoms with van der Waals surface area (Å²) in [5, 5.41) is 0. The van der Waals surface area contributed by atoms with Gasteiger partial charge in [0.25, 0.3) is 5.91 Å². The van der Waals surface area contributed by atoms with Gasteiger partial charge >= 0.3 is 0 Å². The second-order valence-electron chi connectivity index (χ2n) is 6.62. The van der Waals surface area contributed by atoms with Gasteiger partial charge in [-0.1, -0.05) is 30.3 Å². The molecule has 0 bridgehead atoms. The minimum absolute atomic E-state index is 0.0311. The first-order valence-electron chi connectivity index (χ1n) is 8.82. The molecular weight excluding hydrogens is 316 g/mol. The summed E-state index contributed by atoms with van der Waals surface area (Å²) < 4.78 is 10.7. The number of hydrogen-bond donors (Lipinski definition) is 0. The lowest BCUT2D eigenvalue weighted by Gasteiger charge is -2.28. The molecule has 1 amide bonds. The molecule has 1 atom stereocenters. The second kappa shape index (κ2) is 8.32. The van der Waals surface area contributed by atoms with Crippen LogP contribution in [0.2, 0.25) is 0 Å². The fourth-order valence-corrected chi connectivity index (χ4v) is 3.39. The number of rotatable bonds is 5. The summed E-state index contributed by atoms with van der Waals surface area (Å²) >= 11 is 0. The number of ether oxygens (including phenoxy) is 1. The number of furan rings is 1. The van der Waals surface area contributed by atoms with E-state index < -0.39 is 0 Å². The molecule has 1 aliphatic rings. The Morgan fingerprint density at radius 2 is 2.00 bits per heavy atom. The molecule has 2 heterocycles. The lowest BCUT2D eigenvalue weighted by atomic mass is 10.2. The van der Waals surface area contributed by atoms with Gasteiger partial charge in [-0.2, -0.15) is 0 Å². The van der Waals surface area contributed by atoms with Crippen molar-refractivity contribution in [3.05, 3.63) is 59.5 Å². The Labute approximate surface area is 149 Å². The zero-order chi connectivity index (χ0) is 17.6. The van der Waals surface area contributed by atoms with Gasteiger partial charge in [-0.25, -0.2) is 0 Å². The van der Waals surface area contributed by atoms with Gasteiger partial charge in [-0.15, -0.1) is 0 Å². The predicted molar refractivity (Wildman–Crippen MR) is 96.3 cm³/mol. The van der Waals surface area contributed by atoms with Crippen LogP contribution in [0.1, 0.15) is 35.2 Å². The van der Waals surface area contributed by atoms with Crippen molar-refractivity contribution in [2.24, 2.45) is 0 Å². The molecule has 3 rings (SSSR count). The molecule has 1 saturated heterocycles. The number of nitrogens with zero attached hydrogens (tertiary/aromatic N) is 2. The molecule has 0 N–H and O–H groups in total. The van der Waals surface area contributed by atoms with Crippen molar-refractivity contribution in [1.29, 1.82) is 0 Å². The highest BCUT2D eigenvalue weighted by Crippen LogP contribution is 2.18. The van der Waals surface area contributed by atoms with Gasteiger partial charge in [0.15, 0.2) is 5.76 Å². The van der Waals surface area contributed by atoms with Crippen LogP contribution in [0, 0.1) is 0 Å². The van der Waals surface area contributed by atoms with Crippen LogP contribution >= 0.6 is 0 Å². The highest BCUT2D eigenvalue weighted by molar-refractivity contribution is 5.91.